The molecular formula is C23H32FN5O2. The Morgan fingerprint density at radius 2 is 1.81 bits per heavy atom. The molecule has 0 aliphatic carbocycles. The second-order valence-corrected chi connectivity index (χ2v) is 7.99. The van der Waals surface area contributed by atoms with Crippen molar-refractivity contribution in [1.82, 2.24) is 20.0 Å². The van der Waals surface area contributed by atoms with Gasteiger partial charge in [0, 0.05) is 57.9 Å². The standard InChI is InChI=1S/C23H32FN5O2/c1-3-8-25-22(30)18-27-9-5-10-29(16-13-27)23(31)19-6-7-21(20(24)17-19)28-14-11-26(4-2)12-15-28/h1,6-7,17H,4-5,8-16,18H2,2H3,(H,25,30). The number of rotatable bonds is 6. The largest absolute Gasteiger partial charge is 0.367 e. The van der Waals surface area contributed by atoms with E-state index in [1.165, 1.54) is 6.07 Å². The summed E-state index contributed by atoms with van der Waals surface area (Å²) in [7, 11) is 0. The molecule has 0 bridgehead atoms. The third-order valence-electron chi connectivity index (χ3n) is 5.99. The fraction of sp³-hybridized carbons (Fsp3) is 0.565. The van der Waals surface area contributed by atoms with Crippen molar-refractivity contribution in [2.45, 2.75) is 13.3 Å². The Bertz CT molecular complexity index is 817. The van der Waals surface area contributed by atoms with Gasteiger partial charge >= 0.3 is 0 Å². The van der Waals surface area contributed by atoms with E-state index in [1.54, 1.807) is 17.0 Å². The van der Waals surface area contributed by atoms with Crippen molar-refractivity contribution >= 4 is 17.5 Å². The van der Waals surface area contributed by atoms with Crippen LogP contribution in [0.4, 0.5) is 10.1 Å². The zero-order chi connectivity index (χ0) is 22.2. The van der Waals surface area contributed by atoms with Gasteiger partial charge in [0.2, 0.25) is 5.91 Å². The lowest BCUT2D eigenvalue weighted by atomic mass is 10.1. The molecule has 0 radical (unpaired) electrons. The fourth-order valence-electron chi connectivity index (χ4n) is 4.12. The van der Waals surface area contributed by atoms with E-state index >= 15 is 0 Å². The first-order valence-electron chi connectivity index (χ1n) is 11.0. The molecule has 2 aliphatic heterocycles. The first kappa shape index (κ1) is 23.0. The van der Waals surface area contributed by atoms with Gasteiger partial charge in [-0.15, -0.1) is 6.42 Å². The minimum absolute atomic E-state index is 0.116. The maximum absolute atomic E-state index is 14.8. The number of piperazine rings is 1. The molecule has 1 N–H and O–H groups in total. The molecule has 2 saturated heterocycles. The zero-order valence-electron chi connectivity index (χ0n) is 18.3. The molecule has 0 spiro atoms. The fourth-order valence-corrected chi connectivity index (χ4v) is 4.12. The van der Waals surface area contributed by atoms with Gasteiger partial charge in [-0.1, -0.05) is 12.8 Å². The van der Waals surface area contributed by atoms with Gasteiger partial charge in [0.15, 0.2) is 0 Å². The van der Waals surface area contributed by atoms with Crippen LogP contribution < -0.4 is 10.2 Å². The number of benzene rings is 1. The highest BCUT2D eigenvalue weighted by molar-refractivity contribution is 5.94. The van der Waals surface area contributed by atoms with Gasteiger partial charge in [-0.2, -0.15) is 0 Å². The third-order valence-corrected chi connectivity index (χ3v) is 5.99. The van der Waals surface area contributed by atoms with Crippen LogP contribution in [0.25, 0.3) is 0 Å². The number of anilines is 1. The number of terminal acetylenes is 1. The molecule has 0 unspecified atom stereocenters. The van der Waals surface area contributed by atoms with Crippen LogP contribution >= 0.6 is 0 Å². The highest BCUT2D eigenvalue weighted by Gasteiger charge is 2.24. The quantitative estimate of drug-likeness (QED) is 0.680. The van der Waals surface area contributed by atoms with Crippen LogP contribution in [0.1, 0.15) is 23.7 Å². The Morgan fingerprint density at radius 3 is 2.48 bits per heavy atom. The Morgan fingerprint density at radius 1 is 1.06 bits per heavy atom. The zero-order valence-corrected chi connectivity index (χ0v) is 18.3. The summed E-state index contributed by atoms with van der Waals surface area (Å²) in [5, 5.41) is 2.66. The van der Waals surface area contributed by atoms with E-state index in [1.807, 2.05) is 9.80 Å². The first-order valence-corrected chi connectivity index (χ1v) is 11.0. The topological polar surface area (TPSA) is 59.1 Å². The number of hydrogen-bond donors (Lipinski definition) is 1. The number of nitrogens with zero attached hydrogens (tertiary/aromatic N) is 4. The number of carbonyl (C=O) groups is 2. The summed E-state index contributed by atoms with van der Waals surface area (Å²) in [6, 6.07) is 4.81. The van der Waals surface area contributed by atoms with Crippen molar-refractivity contribution in [1.29, 1.82) is 0 Å². The molecule has 2 amide bonds. The van der Waals surface area contributed by atoms with Gasteiger partial charge in [0.25, 0.3) is 5.91 Å². The molecule has 31 heavy (non-hydrogen) atoms. The maximum Gasteiger partial charge on any atom is 0.254 e. The molecule has 0 atom stereocenters. The Hall–Kier alpha value is -2.63. The average molecular weight is 430 g/mol. The van der Waals surface area contributed by atoms with Gasteiger partial charge in [0.05, 0.1) is 18.8 Å². The van der Waals surface area contributed by atoms with E-state index in [-0.39, 0.29) is 30.7 Å². The highest BCUT2D eigenvalue weighted by Crippen LogP contribution is 2.23. The minimum atomic E-state index is -0.350. The predicted molar refractivity (Wildman–Crippen MR) is 120 cm³/mol. The van der Waals surface area contributed by atoms with Crippen LogP contribution in [-0.2, 0) is 4.79 Å². The Kier molecular flexibility index (Phi) is 8.27. The van der Waals surface area contributed by atoms with E-state index in [2.05, 4.69) is 23.1 Å². The molecule has 168 valence electrons. The van der Waals surface area contributed by atoms with Gasteiger partial charge in [-0.25, -0.2) is 4.39 Å². The van der Waals surface area contributed by atoms with Crippen molar-refractivity contribution in [3.8, 4) is 12.3 Å². The molecular weight excluding hydrogens is 397 g/mol. The van der Waals surface area contributed by atoms with E-state index < -0.39 is 0 Å². The van der Waals surface area contributed by atoms with Gasteiger partial charge in [-0.3, -0.25) is 14.5 Å². The summed E-state index contributed by atoms with van der Waals surface area (Å²) in [4.78, 5) is 33.0. The second kappa shape index (κ2) is 11.1. The number of amides is 2. The van der Waals surface area contributed by atoms with Gasteiger partial charge < -0.3 is 20.0 Å². The lowest BCUT2D eigenvalue weighted by Crippen LogP contribution is -2.46. The average Bonchev–Trinajstić information content (AvgIpc) is 3.02. The van der Waals surface area contributed by atoms with E-state index in [9.17, 15) is 14.0 Å². The predicted octanol–water partition coefficient (Wildman–Crippen LogP) is 0.865. The minimum Gasteiger partial charge on any atom is -0.367 e. The molecule has 8 heteroatoms. The number of carbonyl (C=O) groups excluding carboxylic acids is 2. The molecule has 2 fully saturated rings. The molecule has 2 aliphatic rings. The smallest absolute Gasteiger partial charge is 0.254 e. The molecule has 3 rings (SSSR count). The first-order chi connectivity index (χ1) is 15.0. The number of hydrogen-bond acceptors (Lipinski definition) is 5. The van der Waals surface area contributed by atoms with Crippen LogP contribution in [0.5, 0.6) is 0 Å². The van der Waals surface area contributed by atoms with Crippen LogP contribution in [0, 0.1) is 18.2 Å². The highest BCUT2D eigenvalue weighted by atomic mass is 19.1. The van der Waals surface area contributed by atoms with E-state index in [4.69, 9.17) is 6.42 Å². The summed E-state index contributed by atoms with van der Waals surface area (Å²) < 4.78 is 14.8. The van der Waals surface area contributed by atoms with Crippen LogP contribution in [-0.4, -0.2) is 98.5 Å². The number of likely N-dealkylation sites (N-methyl/N-ethyl adjacent to an activating group) is 1. The summed E-state index contributed by atoms with van der Waals surface area (Å²) in [5.74, 6) is 1.75. The summed E-state index contributed by atoms with van der Waals surface area (Å²) in [6.45, 7) is 9.44. The van der Waals surface area contributed by atoms with Crippen molar-refractivity contribution in [3.63, 3.8) is 0 Å². The van der Waals surface area contributed by atoms with Gasteiger partial charge in [-0.05, 0) is 31.2 Å². The summed E-state index contributed by atoms with van der Waals surface area (Å²) in [5.41, 5.74) is 0.931. The SMILES string of the molecule is C#CCNC(=O)CN1CCCN(C(=O)c2ccc(N3CCN(CC)CC3)c(F)c2)CC1. The molecule has 2 heterocycles. The van der Waals surface area contributed by atoms with Crippen molar-refractivity contribution in [2.24, 2.45) is 0 Å². The maximum atomic E-state index is 14.8. The van der Waals surface area contributed by atoms with Crippen molar-refractivity contribution in [2.75, 3.05) is 76.9 Å². The molecule has 0 aromatic heterocycles. The monoisotopic (exact) mass is 429 g/mol. The van der Waals surface area contributed by atoms with Crippen molar-refractivity contribution < 1.29 is 14.0 Å². The van der Waals surface area contributed by atoms with E-state index in [0.717, 1.165) is 45.7 Å². The lowest BCUT2D eigenvalue weighted by Gasteiger charge is -2.35. The Labute approximate surface area is 184 Å². The van der Waals surface area contributed by atoms with Crippen LogP contribution in [0.15, 0.2) is 18.2 Å². The normalized spacial score (nSPS) is 18.4. The lowest BCUT2D eigenvalue weighted by molar-refractivity contribution is -0.121. The summed E-state index contributed by atoms with van der Waals surface area (Å²) >= 11 is 0. The summed E-state index contributed by atoms with van der Waals surface area (Å²) in [6.07, 6.45) is 5.92. The Balaban J connectivity index is 1.57. The number of nitrogens with one attached hydrogen (secondary N) is 1. The van der Waals surface area contributed by atoms with Crippen molar-refractivity contribution in [3.05, 3.63) is 29.6 Å². The van der Waals surface area contributed by atoms with Crippen LogP contribution in [0.2, 0.25) is 0 Å². The molecule has 0 saturated carbocycles. The number of halogens is 1. The second-order valence-electron chi connectivity index (χ2n) is 7.99. The van der Waals surface area contributed by atoms with E-state index in [0.29, 0.717) is 30.9 Å². The molecule has 7 nitrogen and oxygen atoms in total. The molecule has 1 aromatic rings. The molecule has 1 aromatic carbocycles. The van der Waals surface area contributed by atoms with Gasteiger partial charge in [0.1, 0.15) is 5.82 Å². The third kappa shape index (κ3) is 6.18. The van der Waals surface area contributed by atoms with Crippen LogP contribution in [0.3, 0.4) is 0 Å².